The van der Waals surface area contributed by atoms with Gasteiger partial charge in [-0.05, 0) is 18.9 Å². The number of hydrogen-bond donors (Lipinski definition) is 1. The fraction of sp³-hybridized carbons (Fsp3) is 0.538. The molecular weight excluding hydrogens is 218 g/mol. The average molecular weight is 237 g/mol. The van der Waals surface area contributed by atoms with Crippen LogP contribution in [0.5, 0.6) is 0 Å². The first-order valence-electron chi connectivity index (χ1n) is 5.95. The number of aromatic nitrogens is 1. The van der Waals surface area contributed by atoms with Crippen LogP contribution in [0.4, 0.5) is 0 Å². The van der Waals surface area contributed by atoms with Crippen molar-refractivity contribution >= 4 is 5.97 Å². The highest BCUT2D eigenvalue weighted by molar-refractivity contribution is 5.72. The molecule has 94 valence electrons. The predicted octanol–water partition coefficient (Wildman–Crippen LogP) is 2.11. The highest BCUT2D eigenvalue weighted by Crippen LogP contribution is 2.24. The predicted molar refractivity (Wildman–Crippen MR) is 65.7 cm³/mol. The first kappa shape index (κ1) is 13.5. The van der Waals surface area contributed by atoms with Crippen LogP contribution in [0.15, 0.2) is 29.2 Å². The normalized spacial score (nSPS) is 15.6. The van der Waals surface area contributed by atoms with Crippen LogP contribution in [-0.4, -0.2) is 18.1 Å². The van der Waals surface area contributed by atoms with Crippen molar-refractivity contribution in [1.29, 1.82) is 0 Å². The summed E-state index contributed by atoms with van der Waals surface area (Å²) in [6, 6.07) is 4.93. The second-order valence-electron chi connectivity index (χ2n) is 4.08. The van der Waals surface area contributed by atoms with Crippen LogP contribution in [0.1, 0.15) is 32.1 Å². The molecule has 1 aliphatic carbocycles. The lowest BCUT2D eigenvalue weighted by atomic mass is 9.89. The van der Waals surface area contributed by atoms with Gasteiger partial charge in [0.1, 0.15) is 0 Å². The number of esters is 1. The van der Waals surface area contributed by atoms with Crippen molar-refractivity contribution in [2.45, 2.75) is 32.1 Å². The Morgan fingerprint density at radius 2 is 2.00 bits per heavy atom. The Balaban J connectivity index is 0.000000181. The van der Waals surface area contributed by atoms with E-state index < -0.39 is 0 Å². The first-order valence-corrected chi connectivity index (χ1v) is 5.95. The maximum absolute atomic E-state index is 10.9. The monoisotopic (exact) mass is 237 g/mol. The zero-order valence-corrected chi connectivity index (χ0v) is 10.1. The third kappa shape index (κ3) is 5.33. The SMILES string of the molecule is COC(=O)C1CCCCC1.O=c1cccc[nH]1. The van der Waals surface area contributed by atoms with Gasteiger partial charge < -0.3 is 9.72 Å². The fourth-order valence-electron chi connectivity index (χ4n) is 1.88. The summed E-state index contributed by atoms with van der Waals surface area (Å²) in [6.45, 7) is 0. The molecular formula is C13H19NO3. The summed E-state index contributed by atoms with van der Waals surface area (Å²) in [7, 11) is 1.47. The third-order valence-corrected chi connectivity index (χ3v) is 2.82. The van der Waals surface area contributed by atoms with Gasteiger partial charge in [0.25, 0.3) is 0 Å². The fourth-order valence-corrected chi connectivity index (χ4v) is 1.88. The van der Waals surface area contributed by atoms with Crippen molar-refractivity contribution in [1.82, 2.24) is 4.98 Å². The standard InChI is InChI=1S/C8H14O2.C5H5NO/c1-10-8(9)7-5-3-2-4-6-7;7-5-3-1-2-4-6-5/h7H,2-6H2,1H3;1-4H,(H,6,7). The number of ether oxygens (including phenoxy) is 1. The molecule has 0 amide bonds. The molecule has 0 aliphatic heterocycles. The summed E-state index contributed by atoms with van der Waals surface area (Å²) in [4.78, 5) is 23.6. The van der Waals surface area contributed by atoms with Gasteiger partial charge in [-0.2, -0.15) is 0 Å². The van der Waals surface area contributed by atoms with Gasteiger partial charge in [-0.25, -0.2) is 0 Å². The second-order valence-corrected chi connectivity index (χ2v) is 4.08. The lowest BCUT2D eigenvalue weighted by Crippen LogP contribution is -2.18. The van der Waals surface area contributed by atoms with Gasteiger partial charge in [0.15, 0.2) is 0 Å². The Morgan fingerprint density at radius 1 is 1.29 bits per heavy atom. The minimum atomic E-state index is -0.0532. The number of H-pyrrole nitrogens is 1. The molecule has 1 aromatic heterocycles. The Morgan fingerprint density at radius 3 is 2.41 bits per heavy atom. The Kier molecular flexibility index (Phi) is 6.07. The second kappa shape index (κ2) is 7.65. The average Bonchev–Trinajstić information content (AvgIpc) is 2.40. The number of hydrogen-bond acceptors (Lipinski definition) is 3. The van der Waals surface area contributed by atoms with Crippen LogP contribution in [-0.2, 0) is 9.53 Å². The van der Waals surface area contributed by atoms with Crippen molar-refractivity contribution in [2.75, 3.05) is 7.11 Å². The number of carbonyl (C=O) groups excluding carboxylic acids is 1. The molecule has 1 saturated carbocycles. The summed E-state index contributed by atoms with van der Waals surface area (Å²) in [6.07, 6.45) is 7.34. The van der Waals surface area contributed by atoms with E-state index in [0.29, 0.717) is 0 Å². The van der Waals surface area contributed by atoms with E-state index in [-0.39, 0.29) is 17.4 Å². The molecule has 1 aliphatic rings. The molecule has 4 heteroatoms. The maximum Gasteiger partial charge on any atom is 0.308 e. The molecule has 0 atom stereocenters. The number of rotatable bonds is 1. The molecule has 1 fully saturated rings. The van der Waals surface area contributed by atoms with E-state index in [1.54, 1.807) is 18.3 Å². The largest absolute Gasteiger partial charge is 0.469 e. The molecule has 17 heavy (non-hydrogen) atoms. The van der Waals surface area contributed by atoms with E-state index in [1.165, 1.54) is 32.4 Å². The van der Waals surface area contributed by atoms with Gasteiger partial charge in [-0.15, -0.1) is 0 Å². The molecule has 1 N–H and O–H groups in total. The third-order valence-electron chi connectivity index (χ3n) is 2.82. The molecule has 0 aromatic carbocycles. The Hall–Kier alpha value is -1.58. The van der Waals surface area contributed by atoms with Crippen LogP contribution < -0.4 is 5.56 Å². The van der Waals surface area contributed by atoms with E-state index in [4.69, 9.17) is 0 Å². The van der Waals surface area contributed by atoms with Gasteiger partial charge in [0.2, 0.25) is 5.56 Å². The number of methoxy groups -OCH3 is 1. The lowest BCUT2D eigenvalue weighted by Gasteiger charge is -2.18. The van der Waals surface area contributed by atoms with E-state index in [2.05, 4.69) is 9.72 Å². The zero-order valence-electron chi connectivity index (χ0n) is 10.1. The van der Waals surface area contributed by atoms with Gasteiger partial charge in [-0.1, -0.05) is 25.3 Å². The Bertz CT molecular complexity index is 363. The molecule has 4 nitrogen and oxygen atoms in total. The molecule has 2 rings (SSSR count). The Labute approximate surface area is 101 Å². The summed E-state index contributed by atoms with van der Waals surface area (Å²) < 4.78 is 4.65. The van der Waals surface area contributed by atoms with Crippen LogP contribution >= 0.6 is 0 Å². The van der Waals surface area contributed by atoms with Crippen LogP contribution in [0.3, 0.4) is 0 Å². The zero-order chi connectivity index (χ0) is 12.5. The van der Waals surface area contributed by atoms with E-state index in [1.807, 2.05) is 0 Å². The maximum atomic E-state index is 10.9. The summed E-state index contributed by atoms with van der Waals surface area (Å²) in [5.74, 6) is 0.193. The quantitative estimate of drug-likeness (QED) is 0.761. The highest BCUT2D eigenvalue weighted by Gasteiger charge is 2.20. The number of pyridine rings is 1. The highest BCUT2D eigenvalue weighted by atomic mass is 16.5. The smallest absolute Gasteiger partial charge is 0.308 e. The minimum Gasteiger partial charge on any atom is -0.469 e. The van der Waals surface area contributed by atoms with Crippen LogP contribution in [0, 0.1) is 5.92 Å². The van der Waals surface area contributed by atoms with Crippen molar-refractivity contribution < 1.29 is 9.53 Å². The minimum absolute atomic E-state index is 0.0142. The molecule has 1 aromatic rings. The molecule has 0 spiro atoms. The molecule has 0 radical (unpaired) electrons. The van der Waals surface area contributed by atoms with Gasteiger partial charge >= 0.3 is 5.97 Å². The van der Waals surface area contributed by atoms with Crippen LogP contribution in [0.25, 0.3) is 0 Å². The lowest BCUT2D eigenvalue weighted by molar-refractivity contribution is -0.146. The van der Waals surface area contributed by atoms with Gasteiger partial charge in [0.05, 0.1) is 13.0 Å². The van der Waals surface area contributed by atoms with Gasteiger partial charge in [0, 0.05) is 12.3 Å². The number of nitrogens with one attached hydrogen (secondary N) is 1. The molecule has 1 heterocycles. The first-order chi connectivity index (χ1) is 8.24. The van der Waals surface area contributed by atoms with E-state index in [0.717, 1.165) is 12.8 Å². The van der Waals surface area contributed by atoms with E-state index in [9.17, 15) is 9.59 Å². The van der Waals surface area contributed by atoms with E-state index >= 15 is 0 Å². The molecule has 0 bridgehead atoms. The summed E-state index contributed by atoms with van der Waals surface area (Å²) >= 11 is 0. The summed E-state index contributed by atoms with van der Waals surface area (Å²) in [5.41, 5.74) is -0.0532. The molecule has 0 saturated heterocycles. The van der Waals surface area contributed by atoms with Crippen molar-refractivity contribution in [3.05, 3.63) is 34.7 Å². The van der Waals surface area contributed by atoms with Gasteiger partial charge in [-0.3, -0.25) is 9.59 Å². The summed E-state index contributed by atoms with van der Waals surface area (Å²) in [5, 5.41) is 0. The van der Waals surface area contributed by atoms with Crippen molar-refractivity contribution in [3.8, 4) is 0 Å². The topological polar surface area (TPSA) is 59.2 Å². The van der Waals surface area contributed by atoms with Crippen LogP contribution in [0.2, 0.25) is 0 Å². The number of carbonyl (C=O) groups is 1. The number of aromatic amines is 1. The van der Waals surface area contributed by atoms with Crippen molar-refractivity contribution in [3.63, 3.8) is 0 Å². The van der Waals surface area contributed by atoms with Crippen molar-refractivity contribution in [2.24, 2.45) is 5.92 Å². The molecule has 0 unspecified atom stereocenters.